The Kier molecular flexibility index (Phi) is 8.11. The number of anilines is 1. The molecular weight excluding hydrogens is 436 g/mol. The number of nitrogens with zero attached hydrogens (tertiary/aromatic N) is 1. The highest BCUT2D eigenvalue weighted by molar-refractivity contribution is 7.92. The molecule has 1 N–H and O–H groups in total. The number of hydrogen-bond donors (Lipinski definition) is 1. The first-order valence-electron chi connectivity index (χ1n) is 10.9. The molecule has 33 heavy (non-hydrogen) atoms. The Morgan fingerprint density at radius 3 is 2.21 bits per heavy atom. The third-order valence-corrected chi connectivity index (χ3v) is 6.30. The fraction of sp³-hybridized carbons (Fsp3) is 0.269. The SMILES string of the molecule is CC(C)c1ccccc1N(Cc1ccc(C(=O)NCCOc2ccccc2)cc1)S(C)(=O)=O. The van der Waals surface area contributed by atoms with Crippen LogP contribution in [0.4, 0.5) is 5.69 Å². The molecule has 0 aromatic heterocycles. The quantitative estimate of drug-likeness (QED) is 0.444. The Bertz CT molecular complexity index is 1160. The van der Waals surface area contributed by atoms with Crippen molar-refractivity contribution in [1.29, 1.82) is 0 Å². The lowest BCUT2D eigenvalue weighted by Crippen LogP contribution is -2.30. The maximum Gasteiger partial charge on any atom is 0.251 e. The molecule has 0 saturated carbocycles. The number of ether oxygens (including phenoxy) is 1. The first-order valence-corrected chi connectivity index (χ1v) is 12.7. The molecule has 3 aromatic carbocycles. The monoisotopic (exact) mass is 466 g/mol. The van der Waals surface area contributed by atoms with Crippen LogP contribution >= 0.6 is 0 Å². The highest BCUT2D eigenvalue weighted by Crippen LogP contribution is 2.30. The van der Waals surface area contributed by atoms with E-state index in [1.807, 2.05) is 68.4 Å². The summed E-state index contributed by atoms with van der Waals surface area (Å²) in [5.41, 5.74) is 2.95. The molecule has 174 valence electrons. The largest absolute Gasteiger partial charge is 0.492 e. The lowest BCUT2D eigenvalue weighted by atomic mass is 10.0. The molecule has 3 aromatic rings. The van der Waals surface area contributed by atoms with Crippen LogP contribution in [0.5, 0.6) is 5.75 Å². The molecule has 1 amide bonds. The summed E-state index contributed by atoms with van der Waals surface area (Å²) in [4.78, 5) is 12.4. The number of benzene rings is 3. The van der Waals surface area contributed by atoms with Gasteiger partial charge in [-0.05, 0) is 47.4 Å². The van der Waals surface area contributed by atoms with E-state index in [-0.39, 0.29) is 18.4 Å². The Balaban J connectivity index is 1.64. The zero-order valence-electron chi connectivity index (χ0n) is 19.2. The molecular formula is C26H30N2O4S. The summed E-state index contributed by atoms with van der Waals surface area (Å²) >= 11 is 0. The van der Waals surface area contributed by atoms with Gasteiger partial charge in [-0.25, -0.2) is 8.42 Å². The molecule has 0 bridgehead atoms. The smallest absolute Gasteiger partial charge is 0.251 e. The van der Waals surface area contributed by atoms with Gasteiger partial charge in [-0.1, -0.05) is 62.4 Å². The molecule has 0 aliphatic heterocycles. The van der Waals surface area contributed by atoms with Crippen molar-refractivity contribution in [3.05, 3.63) is 95.6 Å². The van der Waals surface area contributed by atoms with Crippen LogP contribution in [-0.4, -0.2) is 33.7 Å². The molecule has 0 aliphatic rings. The first kappa shape index (κ1) is 24.3. The van der Waals surface area contributed by atoms with Gasteiger partial charge in [0.2, 0.25) is 10.0 Å². The molecule has 3 rings (SSSR count). The highest BCUT2D eigenvalue weighted by Gasteiger charge is 2.21. The summed E-state index contributed by atoms with van der Waals surface area (Å²) in [6.45, 7) is 5.01. The second-order valence-electron chi connectivity index (χ2n) is 8.10. The maximum absolute atomic E-state index is 12.6. The van der Waals surface area contributed by atoms with Crippen molar-refractivity contribution in [2.75, 3.05) is 23.7 Å². The van der Waals surface area contributed by atoms with Crippen LogP contribution in [0.15, 0.2) is 78.9 Å². The Hall–Kier alpha value is -3.32. The molecule has 0 heterocycles. The van der Waals surface area contributed by atoms with Crippen molar-refractivity contribution >= 4 is 21.6 Å². The molecule has 7 heteroatoms. The predicted octanol–water partition coefficient (Wildman–Crippen LogP) is 4.59. The van der Waals surface area contributed by atoms with Crippen molar-refractivity contribution in [3.8, 4) is 5.75 Å². The minimum Gasteiger partial charge on any atom is -0.492 e. The van der Waals surface area contributed by atoms with Gasteiger partial charge >= 0.3 is 0 Å². The lowest BCUT2D eigenvalue weighted by molar-refractivity contribution is 0.0947. The van der Waals surface area contributed by atoms with Crippen LogP contribution in [-0.2, 0) is 16.6 Å². The molecule has 0 atom stereocenters. The average Bonchev–Trinajstić information content (AvgIpc) is 2.80. The Morgan fingerprint density at radius 1 is 0.939 bits per heavy atom. The van der Waals surface area contributed by atoms with Gasteiger partial charge in [0.25, 0.3) is 5.91 Å². The number of para-hydroxylation sites is 2. The zero-order valence-corrected chi connectivity index (χ0v) is 20.0. The fourth-order valence-electron chi connectivity index (χ4n) is 3.46. The summed E-state index contributed by atoms with van der Waals surface area (Å²) in [6.07, 6.45) is 1.21. The normalized spacial score (nSPS) is 11.3. The van der Waals surface area contributed by atoms with Gasteiger partial charge in [0.05, 0.1) is 25.0 Å². The van der Waals surface area contributed by atoms with Crippen LogP contribution in [0.25, 0.3) is 0 Å². The molecule has 0 radical (unpaired) electrons. The van der Waals surface area contributed by atoms with Crippen LogP contribution in [0, 0.1) is 0 Å². The van der Waals surface area contributed by atoms with Crippen molar-refractivity contribution in [1.82, 2.24) is 5.32 Å². The number of amides is 1. The Labute approximate surface area is 196 Å². The van der Waals surface area contributed by atoms with Gasteiger partial charge in [0.1, 0.15) is 12.4 Å². The molecule has 6 nitrogen and oxygen atoms in total. The van der Waals surface area contributed by atoms with E-state index in [0.717, 1.165) is 16.9 Å². The van der Waals surface area contributed by atoms with Gasteiger partial charge in [-0.3, -0.25) is 9.10 Å². The van der Waals surface area contributed by atoms with Crippen LogP contribution in [0.1, 0.15) is 41.3 Å². The van der Waals surface area contributed by atoms with E-state index in [1.165, 1.54) is 10.6 Å². The minimum atomic E-state index is -3.50. The van der Waals surface area contributed by atoms with Gasteiger partial charge in [-0.2, -0.15) is 0 Å². The third kappa shape index (κ3) is 6.83. The first-order chi connectivity index (χ1) is 15.8. The van der Waals surface area contributed by atoms with E-state index >= 15 is 0 Å². The summed E-state index contributed by atoms with van der Waals surface area (Å²) in [6, 6.07) is 23.9. The minimum absolute atomic E-state index is 0.183. The Morgan fingerprint density at radius 2 is 1.58 bits per heavy atom. The van der Waals surface area contributed by atoms with Crippen LogP contribution in [0.2, 0.25) is 0 Å². The van der Waals surface area contributed by atoms with Crippen molar-refractivity contribution in [2.45, 2.75) is 26.3 Å². The van der Waals surface area contributed by atoms with E-state index < -0.39 is 10.0 Å². The zero-order chi connectivity index (χ0) is 23.8. The van der Waals surface area contributed by atoms with E-state index in [1.54, 1.807) is 24.3 Å². The van der Waals surface area contributed by atoms with Crippen molar-refractivity contribution < 1.29 is 17.9 Å². The van der Waals surface area contributed by atoms with Gasteiger partial charge in [-0.15, -0.1) is 0 Å². The topological polar surface area (TPSA) is 75.7 Å². The number of carbonyl (C=O) groups excluding carboxylic acids is 1. The standard InChI is InChI=1S/C26H30N2O4S/c1-20(2)24-11-7-8-12-25(24)28(33(3,30)31)19-21-13-15-22(16-14-21)26(29)27-17-18-32-23-9-5-4-6-10-23/h4-16,20H,17-19H2,1-3H3,(H,27,29). The molecule has 0 unspecified atom stereocenters. The van der Waals surface area contributed by atoms with Crippen LogP contribution < -0.4 is 14.4 Å². The van der Waals surface area contributed by atoms with Crippen molar-refractivity contribution in [3.63, 3.8) is 0 Å². The van der Waals surface area contributed by atoms with E-state index in [9.17, 15) is 13.2 Å². The predicted molar refractivity (Wildman–Crippen MR) is 132 cm³/mol. The van der Waals surface area contributed by atoms with E-state index in [0.29, 0.717) is 24.4 Å². The second kappa shape index (κ2) is 11.0. The third-order valence-electron chi connectivity index (χ3n) is 5.17. The van der Waals surface area contributed by atoms with Gasteiger partial charge in [0, 0.05) is 5.56 Å². The molecule has 0 fully saturated rings. The fourth-order valence-corrected chi connectivity index (χ4v) is 4.37. The average molecular weight is 467 g/mol. The van der Waals surface area contributed by atoms with Crippen molar-refractivity contribution in [2.24, 2.45) is 0 Å². The van der Waals surface area contributed by atoms with Crippen LogP contribution in [0.3, 0.4) is 0 Å². The molecule has 0 saturated heterocycles. The number of nitrogens with one attached hydrogen (secondary N) is 1. The summed E-state index contributed by atoms with van der Waals surface area (Å²) in [5.74, 6) is 0.733. The number of rotatable bonds is 10. The number of hydrogen-bond acceptors (Lipinski definition) is 4. The van der Waals surface area contributed by atoms with E-state index in [4.69, 9.17) is 4.74 Å². The molecule has 0 spiro atoms. The highest BCUT2D eigenvalue weighted by atomic mass is 32.2. The summed E-state index contributed by atoms with van der Waals surface area (Å²) in [7, 11) is -3.50. The molecule has 0 aliphatic carbocycles. The summed E-state index contributed by atoms with van der Waals surface area (Å²) in [5, 5.41) is 2.83. The second-order valence-corrected chi connectivity index (χ2v) is 10.0. The summed E-state index contributed by atoms with van der Waals surface area (Å²) < 4.78 is 32.2. The number of sulfonamides is 1. The maximum atomic E-state index is 12.6. The number of carbonyl (C=O) groups is 1. The van der Waals surface area contributed by atoms with Gasteiger partial charge in [0.15, 0.2) is 0 Å². The van der Waals surface area contributed by atoms with Gasteiger partial charge < -0.3 is 10.1 Å². The van der Waals surface area contributed by atoms with E-state index in [2.05, 4.69) is 5.32 Å². The lowest BCUT2D eigenvalue weighted by Gasteiger charge is -2.26.